The minimum Gasteiger partial charge on any atom is -0.457 e. The van der Waals surface area contributed by atoms with Gasteiger partial charge >= 0.3 is 0 Å². The van der Waals surface area contributed by atoms with Crippen LogP contribution in [0.4, 0.5) is 0 Å². The van der Waals surface area contributed by atoms with E-state index in [-0.39, 0.29) is 6.04 Å². The second kappa shape index (κ2) is 4.73. The molecule has 0 bridgehead atoms. The Kier molecular flexibility index (Phi) is 3.51. The van der Waals surface area contributed by atoms with Crippen LogP contribution in [-0.4, -0.2) is 9.78 Å². The Bertz CT molecular complexity index is 492. The quantitative estimate of drug-likeness (QED) is 0.927. The fourth-order valence-electron chi connectivity index (χ4n) is 1.61. The lowest BCUT2D eigenvalue weighted by atomic mass is 10.1. The van der Waals surface area contributed by atoms with E-state index in [1.165, 1.54) is 0 Å². The molecule has 4 nitrogen and oxygen atoms in total. The highest BCUT2D eigenvalue weighted by Gasteiger charge is 2.21. The fourth-order valence-corrected chi connectivity index (χ4v) is 2.64. The minimum absolute atomic E-state index is 0.259. The van der Waals surface area contributed by atoms with Gasteiger partial charge in [0.1, 0.15) is 0 Å². The Labute approximate surface area is 110 Å². The monoisotopic (exact) mass is 347 g/mol. The van der Waals surface area contributed by atoms with Crippen LogP contribution in [0.2, 0.25) is 0 Å². The summed E-state index contributed by atoms with van der Waals surface area (Å²) in [6, 6.07) is 1.60. The summed E-state index contributed by atoms with van der Waals surface area (Å²) in [6.07, 6.45) is 3.37. The Hall–Kier alpha value is -0.590. The molecule has 2 heterocycles. The van der Waals surface area contributed by atoms with E-state index in [0.717, 1.165) is 22.3 Å². The van der Waals surface area contributed by atoms with Crippen LogP contribution in [-0.2, 0) is 6.54 Å². The lowest BCUT2D eigenvalue weighted by molar-refractivity contribution is 0.530. The third kappa shape index (κ3) is 1.97. The van der Waals surface area contributed by atoms with E-state index in [1.54, 1.807) is 12.5 Å². The first-order chi connectivity index (χ1) is 7.65. The Morgan fingerprint density at radius 1 is 1.56 bits per heavy atom. The molecule has 0 aliphatic carbocycles. The molecule has 0 saturated heterocycles. The van der Waals surface area contributed by atoms with Gasteiger partial charge in [0, 0.05) is 12.1 Å². The summed E-state index contributed by atoms with van der Waals surface area (Å²) < 4.78 is 8.63. The summed E-state index contributed by atoms with van der Waals surface area (Å²) in [5.74, 6) is 0. The molecule has 86 valence electrons. The molecule has 6 heteroatoms. The van der Waals surface area contributed by atoms with E-state index in [4.69, 9.17) is 10.2 Å². The number of hydrogen-bond donors (Lipinski definition) is 1. The summed E-state index contributed by atoms with van der Waals surface area (Å²) in [5, 5.41) is 4.24. The van der Waals surface area contributed by atoms with Crippen LogP contribution in [0.15, 0.2) is 32.1 Å². The van der Waals surface area contributed by atoms with E-state index < -0.39 is 0 Å². The van der Waals surface area contributed by atoms with Gasteiger partial charge in [0.05, 0.1) is 28.7 Å². The maximum absolute atomic E-state index is 6.20. The molecule has 1 unspecified atom stereocenters. The molecule has 2 rings (SSSR count). The highest BCUT2D eigenvalue weighted by Crippen LogP contribution is 2.31. The molecular weight excluding hydrogens is 338 g/mol. The highest BCUT2D eigenvalue weighted by molar-refractivity contribution is 9.10. The van der Waals surface area contributed by atoms with Crippen molar-refractivity contribution in [2.45, 2.75) is 19.5 Å². The molecule has 0 radical (unpaired) electrons. The van der Waals surface area contributed by atoms with Crippen LogP contribution < -0.4 is 5.73 Å². The van der Waals surface area contributed by atoms with Gasteiger partial charge in [-0.3, -0.25) is 4.68 Å². The number of hydrogen-bond acceptors (Lipinski definition) is 3. The van der Waals surface area contributed by atoms with Crippen LogP contribution in [0.3, 0.4) is 0 Å². The van der Waals surface area contributed by atoms with Crippen molar-refractivity contribution in [3.05, 3.63) is 38.9 Å². The second-order valence-electron chi connectivity index (χ2n) is 3.32. The normalized spacial score (nSPS) is 13.0. The molecule has 0 aliphatic rings. The van der Waals surface area contributed by atoms with E-state index in [9.17, 15) is 0 Å². The summed E-state index contributed by atoms with van der Waals surface area (Å²) in [5.41, 5.74) is 8.06. The standard InChI is InChI=1S/C10H11Br2N3O/c1-2-15-9(7(11)5-14-15)8(13)6-3-4-16-10(6)12/h3-5,8H,2,13H2,1H3. The van der Waals surface area contributed by atoms with Crippen molar-refractivity contribution in [3.63, 3.8) is 0 Å². The molecule has 0 amide bonds. The fraction of sp³-hybridized carbons (Fsp3) is 0.300. The summed E-state index contributed by atoms with van der Waals surface area (Å²) in [7, 11) is 0. The summed E-state index contributed by atoms with van der Waals surface area (Å²) >= 11 is 6.79. The van der Waals surface area contributed by atoms with E-state index in [2.05, 4.69) is 37.0 Å². The molecule has 2 N–H and O–H groups in total. The van der Waals surface area contributed by atoms with Gasteiger partial charge in [-0.05, 0) is 44.8 Å². The zero-order valence-corrected chi connectivity index (χ0v) is 11.8. The average Bonchev–Trinajstić information content (AvgIpc) is 2.83. The van der Waals surface area contributed by atoms with E-state index >= 15 is 0 Å². The maximum atomic E-state index is 6.20. The third-order valence-electron chi connectivity index (χ3n) is 2.41. The minimum atomic E-state index is -0.259. The van der Waals surface area contributed by atoms with Gasteiger partial charge in [0.15, 0.2) is 4.67 Å². The van der Waals surface area contributed by atoms with Gasteiger partial charge in [-0.1, -0.05) is 0 Å². The molecule has 0 saturated carbocycles. The Balaban J connectivity index is 2.44. The van der Waals surface area contributed by atoms with Crippen molar-refractivity contribution >= 4 is 31.9 Å². The third-order valence-corrected chi connectivity index (χ3v) is 3.66. The average molecular weight is 349 g/mol. The summed E-state index contributed by atoms with van der Waals surface area (Å²) in [6.45, 7) is 2.81. The molecule has 1 atom stereocenters. The van der Waals surface area contributed by atoms with Gasteiger partial charge in [-0.2, -0.15) is 5.10 Å². The topological polar surface area (TPSA) is 57.0 Å². The van der Waals surface area contributed by atoms with Crippen LogP contribution in [0.5, 0.6) is 0 Å². The Morgan fingerprint density at radius 3 is 2.88 bits per heavy atom. The number of nitrogens with zero attached hydrogens (tertiary/aromatic N) is 2. The zero-order chi connectivity index (χ0) is 11.7. The molecular formula is C10H11Br2N3O. The van der Waals surface area contributed by atoms with Crippen molar-refractivity contribution in [3.8, 4) is 0 Å². The van der Waals surface area contributed by atoms with Crippen molar-refractivity contribution in [1.82, 2.24) is 9.78 Å². The number of nitrogens with two attached hydrogens (primary N) is 1. The van der Waals surface area contributed by atoms with Crippen molar-refractivity contribution < 1.29 is 4.42 Å². The lowest BCUT2D eigenvalue weighted by Gasteiger charge is -2.13. The SMILES string of the molecule is CCn1ncc(Br)c1C(N)c1ccoc1Br. The van der Waals surface area contributed by atoms with Gasteiger partial charge in [0.25, 0.3) is 0 Å². The van der Waals surface area contributed by atoms with Crippen LogP contribution >= 0.6 is 31.9 Å². The Morgan fingerprint density at radius 2 is 2.31 bits per heavy atom. The predicted octanol–water partition coefficient (Wildman–Crippen LogP) is 3.07. The van der Waals surface area contributed by atoms with Crippen molar-refractivity contribution in [2.75, 3.05) is 0 Å². The molecule has 2 aromatic heterocycles. The number of halogens is 2. The number of aromatic nitrogens is 2. The predicted molar refractivity (Wildman–Crippen MR) is 68.0 cm³/mol. The first kappa shape index (κ1) is 11.9. The van der Waals surface area contributed by atoms with Crippen molar-refractivity contribution in [1.29, 1.82) is 0 Å². The first-order valence-electron chi connectivity index (χ1n) is 4.84. The molecule has 2 aromatic rings. The van der Waals surface area contributed by atoms with Gasteiger partial charge < -0.3 is 10.2 Å². The second-order valence-corrected chi connectivity index (χ2v) is 4.90. The largest absolute Gasteiger partial charge is 0.457 e. The van der Waals surface area contributed by atoms with Gasteiger partial charge in [0.2, 0.25) is 0 Å². The van der Waals surface area contributed by atoms with E-state index in [1.807, 2.05) is 17.7 Å². The van der Waals surface area contributed by atoms with Gasteiger partial charge in [-0.15, -0.1) is 0 Å². The molecule has 16 heavy (non-hydrogen) atoms. The molecule has 0 fully saturated rings. The summed E-state index contributed by atoms with van der Waals surface area (Å²) in [4.78, 5) is 0. The van der Waals surface area contributed by atoms with Crippen LogP contribution in [0.25, 0.3) is 0 Å². The number of furan rings is 1. The van der Waals surface area contributed by atoms with Crippen LogP contribution in [0, 0.1) is 0 Å². The first-order valence-corrected chi connectivity index (χ1v) is 6.43. The van der Waals surface area contributed by atoms with Crippen molar-refractivity contribution in [2.24, 2.45) is 5.73 Å². The molecule has 0 aromatic carbocycles. The number of rotatable bonds is 3. The van der Waals surface area contributed by atoms with Gasteiger partial charge in [-0.25, -0.2) is 0 Å². The lowest BCUT2D eigenvalue weighted by Crippen LogP contribution is -2.17. The molecule has 0 aliphatic heterocycles. The maximum Gasteiger partial charge on any atom is 0.174 e. The smallest absolute Gasteiger partial charge is 0.174 e. The van der Waals surface area contributed by atoms with E-state index in [0.29, 0.717) is 4.67 Å². The van der Waals surface area contributed by atoms with Crippen LogP contribution in [0.1, 0.15) is 24.2 Å². The highest BCUT2D eigenvalue weighted by atomic mass is 79.9. The molecule has 0 spiro atoms. The number of aryl methyl sites for hydroxylation is 1. The zero-order valence-electron chi connectivity index (χ0n) is 8.65.